The molecule has 0 amide bonds. The first-order valence-corrected chi connectivity index (χ1v) is 7.30. The van der Waals surface area contributed by atoms with Gasteiger partial charge in [0.1, 0.15) is 12.4 Å². The zero-order chi connectivity index (χ0) is 14.5. The molecule has 0 unspecified atom stereocenters. The van der Waals surface area contributed by atoms with Gasteiger partial charge >= 0.3 is 0 Å². The summed E-state index contributed by atoms with van der Waals surface area (Å²) in [4.78, 5) is 0. The van der Waals surface area contributed by atoms with Crippen LogP contribution in [0.5, 0.6) is 5.75 Å². The molecular formula is C16H28ClNOS. The smallest absolute Gasteiger partial charge is 0.119 e. The van der Waals surface area contributed by atoms with Crippen LogP contribution in [0.1, 0.15) is 40.2 Å². The van der Waals surface area contributed by atoms with Crippen molar-refractivity contribution in [3.05, 3.63) is 29.8 Å². The van der Waals surface area contributed by atoms with Crippen molar-refractivity contribution in [2.24, 2.45) is 0 Å². The van der Waals surface area contributed by atoms with Crippen LogP contribution < -0.4 is 10.1 Å². The SMILES string of the molecule is CC(C)(S)CNCCOc1ccc(C(C)(C)C)cc1.Cl. The van der Waals surface area contributed by atoms with Crippen LogP contribution >= 0.6 is 25.0 Å². The molecule has 116 valence electrons. The molecule has 0 aliphatic carbocycles. The molecule has 0 radical (unpaired) electrons. The van der Waals surface area contributed by atoms with E-state index >= 15 is 0 Å². The zero-order valence-electron chi connectivity index (χ0n) is 13.2. The topological polar surface area (TPSA) is 21.3 Å². The number of benzene rings is 1. The summed E-state index contributed by atoms with van der Waals surface area (Å²) >= 11 is 4.46. The number of rotatable bonds is 6. The molecule has 1 rings (SSSR count). The van der Waals surface area contributed by atoms with Gasteiger partial charge in [0.15, 0.2) is 0 Å². The minimum Gasteiger partial charge on any atom is -0.492 e. The number of nitrogens with one attached hydrogen (secondary N) is 1. The number of ether oxygens (including phenoxy) is 1. The van der Waals surface area contributed by atoms with Crippen LogP contribution in [0, 0.1) is 0 Å². The van der Waals surface area contributed by atoms with Crippen molar-refractivity contribution in [2.75, 3.05) is 19.7 Å². The molecule has 0 saturated carbocycles. The van der Waals surface area contributed by atoms with Crippen LogP contribution in [0.25, 0.3) is 0 Å². The standard InChI is InChI=1S/C16H27NOS.ClH/c1-15(2,3)13-6-8-14(9-7-13)18-11-10-17-12-16(4,5)19;/h6-9,17,19H,10-12H2,1-5H3;1H. The van der Waals surface area contributed by atoms with Crippen molar-refractivity contribution in [3.8, 4) is 5.75 Å². The summed E-state index contributed by atoms with van der Waals surface area (Å²) in [6, 6.07) is 8.37. The van der Waals surface area contributed by atoms with Crippen LogP contribution in [-0.4, -0.2) is 24.4 Å². The molecule has 0 saturated heterocycles. The molecule has 1 aromatic carbocycles. The van der Waals surface area contributed by atoms with Gasteiger partial charge in [-0.2, -0.15) is 12.6 Å². The largest absolute Gasteiger partial charge is 0.492 e. The Kier molecular flexibility index (Phi) is 8.00. The summed E-state index contributed by atoms with van der Waals surface area (Å²) in [7, 11) is 0. The van der Waals surface area contributed by atoms with Crippen molar-refractivity contribution in [3.63, 3.8) is 0 Å². The van der Waals surface area contributed by atoms with E-state index in [1.54, 1.807) is 0 Å². The Balaban J connectivity index is 0.00000361. The minimum absolute atomic E-state index is 0. The lowest BCUT2D eigenvalue weighted by Gasteiger charge is -2.19. The molecule has 20 heavy (non-hydrogen) atoms. The van der Waals surface area contributed by atoms with E-state index in [1.165, 1.54) is 5.56 Å². The first-order chi connectivity index (χ1) is 8.68. The summed E-state index contributed by atoms with van der Waals surface area (Å²) in [5, 5.41) is 3.33. The van der Waals surface area contributed by atoms with E-state index < -0.39 is 0 Å². The normalized spacial score (nSPS) is 11.9. The van der Waals surface area contributed by atoms with Crippen molar-refractivity contribution in [1.29, 1.82) is 0 Å². The fraction of sp³-hybridized carbons (Fsp3) is 0.625. The van der Waals surface area contributed by atoms with Crippen molar-refractivity contribution in [2.45, 2.75) is 44.8 Å². The minimum atomic E-state index is 0. The predicted octanol–water partition coefficient (Wildman–Crippen LogP) is 4.08. The molecule has 0 bridgehead atoms. The third-order valence-electron chi connectivity index (χ3n) is 2.83. The average Bonchev–Trinajstić information content (AvgIpc) is 2.26. The molecular weight excluding hydrogens is 290 g/mol. The van der Waals surface area contributed by atoms with Gasteiger partial charge in [-0.15, -0.1) is 12.4 Å². The van der Waals surface area contributed by atoms with E-state index in [2.05, 4.69) is 64.7 Å². The summed E-state index contributed by atoms with van der Waals surface area (Å²) in [6.45, 7) is 13.2. The Labute approximate surface area is 135 Å². The fourth-order valence-corrected chi connectivity index (χ4v) is 1.80. The van der Waals surface area contributed by atoms with Crippen LogP contribution in [0.2, 0.25) is 0 Å². The average molecular weight is 318 g/mol. The summed E-state index contributed by atoms with van der Waals surface area (Å²) < 4.78 is 5.72. The van der Waals surface area contributed by atoms with E-state index in [-0.39, 0.29) is 22.6 Å². The van der Waals surface area contributed by atoms with Crippen molar-refractivity contribution < 1.29 is 4.74 Å². The Hall–Kier alpha value is -0.380. The van der Waals surface area contributed by atoms with E-state index in [0.717, 1.165) is 18.8 Å². The Bertz CT molecular complexity index is 379. The first-order valence-electron chi connectivity index (χ1n) is 6.85. The molecule has 0 heterocycles. The lowest BCUT2D eigenvalue weighted by atomic mass is 9.87. The van der Waals surface area contributed by atoms with Gasteiger partial charge in [-0.1, -0.05) is 32.9 Å². The van der Waals surface area contributed by atoms with E-state index in [1.807, 2.05) is 12.1 Å². The molecule has 4 heteroatoms. The summed E-state index contributed by atoms with van der Waals surface area (Å²) in [5.41, 5.74) is 1.52. The van der Waals surface area contributed by atoms with E-state index in [0.29, 0.717) is 6.61 Å². The van der Waals surface area contributed by atoms with E-state index in [9.17, 15) is 0 Å². The quantitative estimate of drug-likeness (QED) is 0.609. The molecule has 0 aliphatic heterocycles. The zero-order valence-corrected chi connectivity index (χ0v) is 14.9. The Morgan fingerprint density at radius 2 is 1.60 bits per heavy atom. The van der Waals surface area contributed by atoms with Crippen molar-refractivity contribution >= 4 is 25.0 Å². The van der Waals surface area contributed by atoms with Gasteiger partial charge in [0.25, 0.3) is 0 Å². The van der Waals surface area contributed by atoms with Gasteiger partial charge in [0.05, 0.1) is 0 Å². The number of hydrogen-bond donors (Lipinski definition) is 2. The number of hydrogen-bond acceptors (Lipinski definition) is 3. The number of thiol groups is 1. The highest BCUT2D eigenvalue weighted by atomic mass is 35.5. The van der Waals surface area contributed by atoms with Gasteiger partial charge < -0.3 is 10.1 Å². The molecule has 1 aromatic rings. The fourth-order valence-electron chi connectivity index (χ4n) is 1.69. The predicted molar refractivity (Wildman–Crippen MR) is 93.8 cm³/mol. The monoisotopic (exact) mass is 317 g/mol. The van der Waals surface area contributed by atoms with Gasteiger partial charge in [-0.05, 0) is 37.0 Å². The van der Waals surface area contributed by atoms with Crippen LogP contribution in [-0.2, 0) is 5.41 Å². The maximum Gasteiger partial charge on any atom is 0.119 e. The van der Waals surface area contributed by atoms with Gasteiger partial charge in [0, 0.05) is 17.8 Å². The summed E-state index contributed by atoms with van der Waals surface area (Å²) in [6.07, 6.45) is 0. The molecule has 0 atom stereocenters. The Morgan fingerprint density at radius 1 is 1.05 bits per heavy atom. The molecule has 2 nitrogen and oxygen atoms in total. The molecule has 0 spiro atoms. The van der Waals surface area contributed by atoms with Crippen molar-refractivity contribution in [1.82, 2.24) is 5.32 Å². The second-order valence-corrected chi connectivity index (χ2v) is 7.82. The second-order valence-electron chi connectivity index (χ2n) is 6.61. The van der Waals surface area contributed by atoms with Crippen LogP contribution in [0.15, 0.2) is 24.3 Å². The van der Waals surface area contributed by atoms with Gasteiger partial charge in [0.2, 0.25) is 0 Å². The van der Waals surface area contributed by atoms with Crippen LogP contribution in [0.4, 0.5) is 0 Å². The first kappa shape index (κ1) is 19.6. The lowest BCUT2D eigenvalue weighted by Crippen LogP contribution is -2.32. The highest BCUT2D eigenvalue weighted by Gasteiger charge is 2.13. The second kappa shape index (κ2) is 8.16. The highest BCUT2D eigenvalue weighted by molar-refractivity contribution is 7.81. The molecule has 0 aliphatic rings. The third kappa shape index (κ3) is 8.03. The third-order valence-corrected chi connectivity index (χ3v) is 2.98. The van der Waals surface area contributed by atoms with Gasteiger partial charge in [-0.25, -0.2) is 0 Å². The Morgan fingerprint density at radius 3 is 2.05 bits per heavy atom. The van der Waals surface area contributed by atoms with E-state index in [4.69, 9.17) is 4.74 Å². The molecule has 0 fully saturated rings. The maximum atomic E-state index is 5.70. The van der Waals surface area contributed by atoms with Crippen LogP contribution in [0.3, 0.4) is 0 Å². The van der Waals surface area contributed by atoms with Gasteiger partial charge in [-0.3, -0.25) is 0 Å². The maximum absolute atomic E-state index is 5.70. The number of halogens is 1. The summed E-state index contributed by atoms with van der Waals surface area (Å²) in [5.74, 6) is 0.930. The molecule has 0 aromatic heterocycles. The lowest BCUT2D eigenvalue weighted by molar-refractivity contribution is 0.312. The molecule has 1 N–H and O–H groups in total. The highest BCUT2D eigenvalue weighted by Crippen LogP contribution is 2.24.